The zero-order valence-electron chi connectivity index (χ0n) is 13.6. The molecular weight excluding hydrogens is 304 g/mol. The summed E-state index contributed by atoms with van der Waals surface area (Å²) < 4.78 is 0. The van der Waals surface area contributed by atoms with Gasteiger partial charge < -0.3 is 15.5 Å². The molecule has 2 aliphatic rings. The number of nitrogens with one attached hydrogen (secondary N) is 2. The molecule has 6 heteroatoms. The third kappa shape index (κ3) is 4.05. The average molecular weight is 326 g/mol. The van der Waals surface area contributed by atoms with Crippen LogP contribution in [0.2, 0.25) is 0 Å². The molecule has 2 N–H and O–H groups in total. The smallest absolute Gasteiger partial charge is 0.318 e. The molecule has 1 aliphatic carbocycles. The molecule has 0 spiro atoms. The van der Waals surface area contributed by atoms with Crippen LogP contribution in [0.3, 0.4) is 0 Å². The first-order valence-corrected chi connectivity index (χ1v) is 8.51. The topological polar surface area (TPSA) is 85.2 Å². The van der Waals surface area contributed by atoms with Crippen molar-refractivity contribution < 1.29 is 9.59 Å². The summed E-state index contributed by atoms with van der Waals surface area (Å²) in [5.74, 6) is -0.0214. The molecule has 3 rings (SSSR count). The number of likely N-dealkylation sites (tertiary alicyclic amines) is 1. The zero-order valence-corrected chi connectivity index (χ0v) is 13.6. The van der Waals surface area contributed by atoms with Crippen LogP contribution in [0.1, 0.15) is 36.8 Å². The Morgan fingerprint density at radius 1 is 1.29 bits per heavy atom. The van der Waals surface area contributed by atoms with Crippen LogP contribution in [0, 0.1) is 11.3 Å². The Bertz CT molecular complexity index is 663. The summed E-state index contributed by atoms with van der Waals surface area (Å²) >= 11 is 0. The number of nitriles is 1. The van der Waals surface area contributed by atoms with Gasteiger partial charge in [0.15, 0.2) is 0 Å². The SMILES string of the molecule is N#Cc1cccc(CCNC(=O)N2CCCC2C(=O)NC2CC2)c1. The fourth-order valence-electron chi connectivity index (χ4n) is 3.02. The lowest BCUT2D eigenvalue weighted by atomic mass is 10.1. The van der Waals surface area contributed by atoms with E-state index in [-0.39, 0.29) is 18.0 Å². The molecule has 0 bridgehead atoms. The lowest BCUT2D eigenvalue weighted by Gasteiger charge is -2.24. The summed E-state index contributed by atoms with van der Waals surface area (Å²) in [5.41, 5.74) is 1.63. The lowest BCUT2D eigenvalue weighted by Crippen LogP contribution is -2.50. The van der Waals surface area contributed by atoms with Gasteiger partial charge in [0.25, 0.3) is 0 Å². The Hall–Kier alpha value is -2.55. The fourth-order valence-corrected chi connectivity index (χ4v) is 3.02. The van der Waals surface area contributed by atoms with E-state index in [1.165, 1.54) is 0 Å². The summed E-state index contributed by atoms with van der Waals surface area (Å²) in [5, 5.41) is 14.8. The molecule has 2 fully saturated rings. The molecule has 1 unspecified atom stereocenters. The van der Waals surface area contributed by atoms with Crippen molar-refractivity contribution in [1.29, 1.82) is 5.26 Å². The summed E-state index contributed by atoms with van der Waals surface area (Å²) in [4.78, 5) is 26.2. The molecule has 6 nitrogen and oxygen atoms in total. The average Bonchev–Trinajstić information content (AvgIpc) is 3.26. The molecule has 1 saturated heterocycles. The van der Waals surface area contributed by atoms with Crippen LogP contribution >= 0.6 is 0 Å². The van der Waals surface area contributed by atoms with Crippen LogP contribution in [0.15, 0.2) is 24.3 Å². The minimum Gasteiger partial charge on any atom is -0.352 e. The van der Waals surface area contributed by atoms with E-state index in [0.29, 0.717) is 31.1 Å². The standard InChI is InChI=1S/C18H22N4O2/c19-12-14-4-1-3-13(11-14)8-9-20-18(24)22-10-2-5-16(22)17(23)21-15-6-7-15/h1,3-4,11,15-16H,2,5-10H2,(H,20,24)(H,21,23). The van der Waals surface area contributed by atoms with E-state index in [4.69, 9.17) is 5.26 Å². The molecule has 0 radical (unpaired) electrons. The van der Waals surface area contributed by atoms with Gasteiger partial charge in [-0.3, -0.25) is 4.79 Å². The highest BCUT2D eigenvalue weighted by atomic mass is 16.2. The van der Waals surface area contributed by atoms with Gasteiger partial charge in [0, 0.05) is 19.1 Å². The van der Waals surface area contributed by atoms with Crippen LogP contribution < -0.4 is 10.6 Å². The van der Waals surface area contributed by atoms with Gasteiger partial charge in [-0.05, 0) is 49.8 Å². The minimum absolute atomic E-state index is 0.0214. The second-order valence-electron chi connectivity index (χ2n) is 6.43. The number of carbonyl (C=O) groups excluding carboxylic acids is 2. The Kier molecular flexibility index (Phi) is 4.99. The lowest BCUT2D eigenvalue weighted by molar-refractivity contribution is -0.124. The summed E-state index contributed by atoms with van der Waals surface area (Å²) in [6, 6.07) is 9.27. The molecule has 1 aliphatic heterocycles. The van der Waals surface area contributed by atoms with Crippen LogP contribution in [0.5, 0.6) is 0 Å². The Morgan fingerprint density at radius 3 is 2.88 bits per heavy atom. The van der Waals surface area contributed by atoms with E-state index < -0.39 is 0 Å². The van der Waals surface area contributed by atoms with Crippen molar-refractivity contribution in [3.63, 3.8) is 0 Å². The highest BCUT2D eigenvalue weighted by Gasteiger charge is 2.36. The number of hydrogen-bond donors (Lipinski definition) is 2. The van der Waals surface area contributed by atoms with Crippen LogP contribution in [0.25, 0.3) is 0 Å². The third-order valence-electron chi connectivity index (χ3n) is 4.49. The fraction of sp³-hybridized carbons (Fsp3) is 0.500. The first kappa shape index (κ1) is 16.3. The maximum absolute atomic E-state index is 12.4. The Labute approximate surface area is 141 Å². The molecule has 3 amide bonds. The van der Waals surface area contributed by atoms with Crippen molar-refractivity contribution in [3.05, 3.63) is 35.4 Å². The van der Waals surface area contributed by atoms with E-state index >= 15 is 0 Å². The maximum atomic E-state index is 12.4. The van der Waals surface area contributed by atoms with Gasteiger partial charge in [-0.15, -0.1) is 0 Å². The van der Waals surface area contributed by atoms with E-state index in [9.17, 15) is 9.59 Å². The number of rotatable bonds is 5. The monoisotopic (exact) mass is 326 g/mol. The molecule has 24 heavy (non-hydrogen) atoms. The largest absolute Gasteiger partial charge is 0.352 e. The van der Waals surface area contributed by atoms with E-state index in [2.05, 4.69) is 16.7 Å². The van der Waals surface area contributed by atoms with E-state index in [1.54, 1.807) is 11.0 Å². The highest BCUT2D eigenvalue weighted by molar-refractivity contribution is 5.88. The van der Waals surface area contributed by atoms with Gasteiger partial charge in [0.05, 0.1) is 11.6 Å². The van der Waals surface area contributed by atoms with Crippen molar-refractivity contribution in [3.8, 4) is 6.07 Å². The Balaban J connectivity index is 1.48. The van der Waals surface area contributed by atoms with Gasteiger partial charge in [0.2, 0.25) is 5.91 Å². The predicted molar refractivity (Wildman–Crippen MR) is 89.2 cm³/mol. The van der Waals surface area contributed by atoms with E-state index in [1.807, 2.05) is 18.2 Å². The van der Waals surface area contributed by atoms with Gasteiger partial charge >= 0.3 is 6.03 Å². The number of hydrogen-bond acceptors (Lipinski definition) is 3. The Morgan fingerprint density at radius 2 is 2.12 bits per heavy atom. The first-order chi connectivity index (χ1) is 11.7. The third-order valence-corrected chi connectivity index (χ3v) is 4.49. The molecule has 1 atom stereocenters. The molecule has 1 aromatic rings. The van der Waals surface area contributed by atoms with Gasteiger partial charge in [0.1, 0.15) is 6.04 Å². The van der Waals surface area contributed by atoms with Crippen molar-refractivity contribution in [2.45, 2.75) is 44.2 Å². The van der Waals surface area contributed by atoms with Gasteiger partial charge in [-0.2, -0.15) is 5.26 Å². The number of amides is 3. The highest BCUT2D eigenvalue weighted by Crippen LogP contribution is 2.22. The maximum Gasteiger partial charge on any atom is 0.318 e. The van der Waals surface area contributed by atoms with Crippen molar-refractivity contribution in [1.82, 2.24) is 15.5 Å². The first-order valence-electron chi connectivity index (χ1n) is 8.51. The molecule has 0 aromatic heterocycles. The number of urea groups is 1. The summed E-state index contributed by atoms with van der Waals surface area (Å²) in [6.07, 6.45) is 4.35. The predicted octanol–water partition coefficient (Wildman–Crippen LogP) is 1.55. The van der Waals surface area contributed by atoms with Crippen LogP contribution in [0.4, 0.5) is 4.79 Å². The van der Waals surface area contributed by atoms with Crippen molar-refractivity contribution in [2.24, 2.45) is 0 Å². The van der Waals surface area contributed by atoms with E-state index in [0.717, 1.165) is 31.2 Å². The second-order valence-corrected chi connectivity index (χ2v) is 6.43. The normalized spacial score (nSPS) is 19.6. The number of nitrogens with zero attached hydrogens (tertiary/aromatic N) is 2. The van der Waals surface area contributed by atoms with Gasteiger partial charge in [-0.25, -0.2) is 4.79 Å². The molecular formula is C18H22N4O2. The number of benzene rings is 1. The molecule has 126 valence electrons. The van der Waals surface area contributed by atoms with Gasteiger partial charge in [-0.1, -0.05) is 12.1 Å². The van der Waals surface area contributed by atoms with Crippen LogP contribution in [-0.2, 0) is 11.2 Å². The summed E-state index contributed by atoms with van der Waals surface area (Å²) in [7, 11) is 0. The molecule has 1 heterocycles. The van der Waals surface area contributed by atoms with Crippen LogP contribution in [-0.4, -0.2) is 42.0 Å². The summed E-state index contributed by atoms with van der Waals surface area (Å²) in [6.45, 7) is 1.11. The molecule has 1 aromatic carbocycles. The van der Waals surface area contributed by atoms with Crippen molar-refractivity contribution in [2.75, 3.05) is 13.1 Å². The second kappa shape index (κ2) is 7.35. The minimum atomic E-state index is -0.340. The zero-order chi connectivity index (χ0) is 16.9. The van der Waals surface area contributed by atoms with Crippen molar-refractivity contribution >= 4 is 11.9 Å². The molecule has 1 saturated carbocycles. The number of carbonyl (C=O) groups is 2. The quantitative estimate of drug-likeness (QED) is 0.861.